The Morgan fingerprint density at radius 1 is 0.841 bits per heavy atom. The molecule has 7 nitrogen and oxygen atoms in total. The van der Waals surface area contributed by atoms with Crippen LogP contribution in [0.5, 0.6) is 0 Å². The van der Waals surface area contributed by atoms with Crippen molar-refractivity contribution in [3.63, 3.8) is 0 Å². The Balaban J connectivity index is 0.000000511. The van der Waals surface area contributed by atoms with Crippen molar-refractivity contribution < 1.29 is 14.0 Å². The molecule has 4 aromatic rings. The summed E-state index contributed by atoms with van der Waals surface area (Å²) >= 11 is 6.62. The van der Waals surface area contributed by atoms with Gasteiger partial charge in [-0.1, -0.05) is 61.5 Å². The number of rotatable bonds is 8. The van der Waals surface area contributed by atoms with Crippen LogP contribution in [-0.4, -0.2) is 56.9 Å². The van der Waals surface area contributed by atoms with Crippen LogP contribution in [0.15, 0.2) is 83.5 Å². The Morgan fingerprint density at radius 2 is 1.50 bits per heavy atom. The van der Waals surface area contributed by atoms with Crippen LogP contribution in [0.4, 0.5) is 11.4 Å². The number of hydrogen-bond acceptors (Lipinski definition) is 6. The molecule has 0 unspecified atom stereocenters. The average molecular weight is 617 g/mol. The lowest BCUT2D eigenvalue weighted by Crippen LogP contribution is -2.47. The molecule has 1 aliphatic heterocycles. The van der Waals surface area contributed by atoms with Gasteiger partial charge in [-0.25, -0.2) is 0 Å². The minimum absolute atomic E-state index is 0. The minimum Gasteiger partial charge on any atom is -0.461 e. The number of carbonyl (C=O) groups excluding carboxylic acids is 2. The van der Waals surface area contributed by atoms with E-state index in [1.807, 2.05) is 38.4 Å². The molecule has 1 amide bonds. The van der Waals surface area contributed by atoms with E-state index in [-0.39, 0.29) is 19.1 Å². The second-order valence-corrected chi connectivity index (χ2v) is 11.6. The van der Waals surface area contributed by atoms with Crippen LogP contribution in [0.1, 0.15) is 57.5 Å². The molecule has 44 heavy (non-hydrogen) atoms. The van der Waals surface area contributed by atoms with E-state index in [1.54, 1.807) is 12.1 Å². The van der Waals surface area contributed by atoms with Gasteiger partial charge in [-0.3, -0.25) is 9.59 Å². The molecular formula is C36H45ClN4O3. The number of Topliss-reactive ketones (excluding diaryl/α,β-unsaturated/α-hetero) is 1. The third-order valence-corrected chi connectivity index (χ3v) is 7.73. The molecule has 0 aliphatic carbocycles. The number of hydrogen-bond donors (Lipinski definition) is 1. The minimum atomic E-state index is -0.146. The molecule has 0 spiro atoms. The van der Waals surface area contributed by atoms with Gasteiger partial charge in [0.1, 0.15) is 0 Å². The molecule has 2 heterocycles. The highest BCUT2D eigenvalue weighted by atomic mass is 35.5. The fraction of sp³-hybridized carbons (Fsp3) is 0.333. The highest BCUT2D eigenvalue weighted by Gasteiger charge is 2.22. The van der Waals surface area contributed by atoms with E-state index in [1.165, 1.54) is 30.0 Å². The molecule has 1 fully saturated rings. The van der Waals surface area contributed by atoms with Gasteiger partial charge in [0.2, 0.25) is 0 Å². The molecule has 1 aliphatic rings. The smallest absolute Gasteiger partial charge is 0.253 e. The third kappa shape index (κ3) is 9.21. The van der Waals surface area contributed by atoms with Gasteiger partial charge in [0.05, 0.1) is 16.8 Å². The van der Waals surface area contributed by atoms with Gasteiger partial charge >= 0.3 is 0 Å². The number of benzene rings is 3. The molecule has 0 bridgehead atoms. The molecule has 234 valence electrons. The molecular weight excluding hydrogens is 572 g/mol. The normalized spacial score (nSPS) is 12.7. The first-order chi connectivity index (χ1) is 20.6. The number of ketones is 1. The SMILES string of the molecule is C.CC(=O)c1ccco1.Cc1ccccc1N1CCN(c2cc(Cl)c(C(=O)NCc3cccc(CN(C)C)c3)cc2C)CC1. The molecule has 1 N–H and O–H groups in total. The quantitative estimate of drug-likeness (QED) is 0.208. The monoisotopic (exact) mass is 616 g/mol. The number of para-hydroxylation sites is 1. The summed E-state index contributed by atoms with van der Waals surface area (Å²) in [7, 11) is 4.10. The second-order valence-electron chi connectivity index (χ2n) is 11.2. The maximum absolute atomic E-state index is 12.9. The van der Waals surface area contributed by atoms with Crippen molar-refractivity contribution in [2.24, 2.45) is 0 Å². The predicted molar refractivity (Wildman–Crippen MR) is 182 cm³/mol. The van der Waals surface area contributed by atoms with E-state index < -0.39 is 0 Å². The number of amides is 1. The van der Waals surface area contributed by atoms with Crippen molar-refractivity contribution in [1.82, 2.24) is 10.2 Å². The van der Waals surface area contributed by atoms with Gasteiger partial charge in [0.25, 0.3) is 5.91 Å². The zero-order valence-electron chi connectivity index (χ0n) is 25.7. The number of furan rings is 1. The number of carbonyl (C=O) groups is 2. The van der Waals surface area contributed by atoms with Gasteiger partial charge in [0, 0.05) is 57.6 Å². The third-order valence-electron chi connectivity index (χ3n) is 7.42. The first-order valence-corrected chi connectivity index (χ1v) is 14.9. The lowest BCUT2D eigenvalue weighted by Gasteiger charge is -2.38. The van der Waals surface area contributed by atoms with E-state index in [4.69, 9.17) is 16.0 Å². The van der Waals surface area contributed by atoms with E-state index in [2.05, 4.69) is 70.3 Å². The Morgan fingerprint density at radius 3 is 2.09 bits per heavy atom. The summed E-state index contributed by atoms with van der Waals surface area (Å²) in [6, 6.07) is 24.0. The first-order valence-electron chi connectivity index (χ1n) is 14.5. The average Bonchev–Trinajstić information content (AvgIpc) is 3.53. The number of piperazine rings is 1. The van der Waals surface area contributed by atoms with Gasteiger partial charge in [0.15, 0.2) is 11.5 Å². The predicted octanol–water partition coefficient (Wildman–Crippen LogP) is 7.39. The number of nitrogens with zero attached hydrogens (tertiary/aromatic N) is 3. The number of aryl methyl sites for hydroxylation is 2. The van der Waals surface area contributed by atoms with Gasteiger partial charge in [-0.05, 0) is 80.5 Å². The van der Waals surface area contributed by atoms with Crippen molar-refractivity contribution in [2.75, 3.05) is 50.1 Å². The van der Waals surface area contributed by atoms with E-state index in [0.29, 0.717) is 22.9 Å². The van der Waals surface area contributed by atoms with Gasteiger partial charge in [-0.15, -0.1) is 0 Å². The topological polar surface area (TPSA) is 69.0 Å². The summed E-state index contributed by atoms with van der Waals surface area (Å²) in [4.78, 5) is 30.3. The van der Waals surface area contributed by atoms with Crippen molar-refractivity contribution in [3.8, 4) is 0 Å². The lowest BCUT2D eigenvalue weighted by atomic mass is 10.1. The van der Waals surface area contributed by atoms with E-state index in [9.17, 15) is 9.59 Å². The fourth-order valence-corrected chi connectivity index (χ4v) is 5.50. The van der Waals surface area contributed by atoms with Crippen LogP contribution in [0.25, 0.3) is 0 Å². The van der Waals surface area contributed by atoms with Crippen molar-refractivity contribution in [2.45, 2.75) is 41.3 Å². The fourth-order valence-electron chi connectivity index (χ4n) is 5.25. The van der Waals surface area contributed by atoms with Crippen LogP contribution in [0, 0.1) is 13.8 Å². The summed E-state index contributed by atoms with van der Waals surface area (Å²) in [5, 5.41) is 3.53. The Hall–Kier alpha value is -4.07. The molecule has 0 radical (unpaired) electrons. The van der Waals surface area contributed by atoms with Crippen molar-refractivity contribution in [1.29, 1.82) is 0 Å². The summed E-state index contributed by atoms with van der Waals surface area (Å²) in [6.07, 6.45) is 1.48. The Labute approximate surface area is 267 Å². The second kappa shape index (κ2) is 16.1. The van der Waals surface area contributed by atoms with Crippen molar-refractivity contribution in [3.05, 3.63) is 118 Å². The van der Waals surface area contributed by atoms with Gasteiger partial charge in [-0.2, -0.15) is 0 Å². The van der Waals surface area contributed by atoms with E-state index >= 15 is 0 Å². The van der Waals surface area contributed by atoms with Crippen LogP contribution >= 0.6 is 11.6 Å². The molecule has 3 aromatic carbocycles. The number of anilines is 2. The molecule has 0 atom stereocenters. The zero-order valence-corrected chi connectivity index (χ0v) is 26.4. The number of halogens is 1. The van der Waals surface area contributed by atoms with Gasteiger partial charge < -0.3 is 24.4 Å². The molecule has 0 saturated carbocycles. The molecule has 8 heteroatoms. The summed E-state index contributed by atoms with van der Waals surface area (Å²) in [5.74, 6) is 0.243. The lowest BCUT2D eigenvalue weighted by molar-refractivity contribution is 0.0949. The van der Waals surface area contributed by atoms with E-state index in [0.717, 1.165) is 49.5 Å². The molecule has 5 rings (SSSR count). The molecule has 1 aromatic heterocycles. The standard InChI is InChI=1S/C29H35ClN4O.C6H6O2.CH4/c1-21-8-5-6-11-27(21)33-12-14-34(15-13-33)28-18-26(30)25(16-22(28)2)29(35)31-19-23-9-7-10-24(17-23)20-32(3)4;1-5(7)6-3-2-4-8-6;/h5-11,16-18H,12-15,19-20H2,1-4H3,(H,31,35);2-4H,1H3;1H4. The highest BCUT2D eigenvalue weighted by molar-refractivity contribution is 6.34. The maximum atomic E-state index is 12.9. The van der Waals surface area contributed by atoms with Crippen molar-refractivity contribution >= 4 is 34.7 Å². The van der Waals surface area contributed by atoms with Crippen LogP contribution < -0.4 is 15.1 Å². The first kappa shape index (κ1) is 34.4. The number of nitrogens with one attached hydrogen (secondary N) is 1. The highest BCUT2D eigenvalue weighted by Crippen LogP contribution is 2.30. The van der Waals surface area contributed by atoms with Crippen LogP contribution in [0.2, 0.25) is 5.02 Å². The molecule has 1 saturated heterocycles. The van der Waals surface area contributed by atoms with Crippen LogP contribution in [-0.2, 0) is 13.1 Å². The zero-order chi connectivity index (χ0) is 30.9. The Kier molecular flexibility index (Phi) is 12.6. The summed E-state index contributed by atoms with van der Waals surface area (Å²) in [6.45, 7) is 10.8. The largest absolute Gasteiger partial charge is 0.461 e. The summed E-state index contributed by atoms with van der Waals surface area (Å²) < 4.78 is 4.75. The Bertz CT molecular complexity index is 1530. The van der Waals surface area contributed by atoms with Crippen LogP contribution in [0.3, 0.4) is 0 Å². The maximum Gasteiger partial charge on any atom is 0.253 e. The summed E-state index contributed by atoms with van der Waals surface area (Å²) in [5.41, 5.74) is 7.61.